The summed E-state index contributed by atoms with van der Waals surface area (Å²) in [6.45, 7) is 6.22. The van der Waals surface area contributed by atoms with Crippen molar-refractivity contribution in [1.29, 1.82) is 0 Å². The molecule has 1 unspecified atom stereocenters. The van der Waals surface area contributed by atoms with Crippen molar-refractivity contribution in [1.82, 2.24) is 15.5 Å². The third-order valence-electron chi connectivity index (χ3n) is 7.03. The summed E-state index contributed by atoms with van der Waals surface area (Å²) in [6, 6.07) is 16.4. The van der Waals surface area contributed by atoms with Gasteiger partial charge in [-0.3, -0.25) is 19.7 Å². The lowest BCUT2D eigenvalue weighted by Gasteiger charge is -2.29. The summed E-state index contributed by atoms with van der Waals surface area (Å²) in [5.74, 6) is -1.01. The van der Waals surface area contributed by atoms with Crippen LogP contribution in [0, 0.1) is 6.92 Å². The van der Waals surface area contributed by atoms with Crippen molar-refractivity contribution in [2.24, 2.45) is 0 Å². The Labute approximate surface area is 209 Å². The van der Waals surface area contributed by atoms with Crippen LogP contribution in [0.5, 0.6) is 0 Å². The maximum Gasteiger partial charge on any atom is 0.319 e. The first-order valence-electron chi connectivity index (χ1n) is 12.0. The third kappa shape index (κ3) is 4.30. The van der Waals surface area contributed by atoms with Gasteiger partial charge in [-0.2, -0.15) is 0 Å². The number of benzene rings is 3. The second-order valence-electron chi connectivity index (χ2n) is 9.99. The Kier molecular flexibility index (Phi) is 5.74. The van der Waals surface area contributed by atoms with Crippen LogP contribution in [-0.4, -0.2) is 34.7 Å². The molecule has 36 heavy (non-hydrogen) atoms. The molecule has 8 heteroatoms. The molecule has 0 radical (unpaired) electrons. The Morgan fingerprint density at radius 2 is 1.86 bits per heavy atom. The molecule has 2 aliphatic rings. The predicted octanol–water partition coefficient (Wildman–Crippen LogP) is 3.97. The molecule has 1 atom stereocenters. The van der Waals surface area contributed by atoms with Crippen LogP contribution in [-0.2, 0) is 21.7 Å². The highest BCUT2D eigenvalue weighted by atomic mass is 16.2. The molecule has 1 fully saturated rings. The number of carbonyl (C=O) groups excluding carboxylic acids is 4. The van der Waals surface area contributed by atoms with E-state index in [1.807, 2.05) is 26.0 Å². The van der Waals surface area contributed by atoms with E-state index in [1.165, 1.54) is 10.5 Å². The highest BCUT2D eigenvalue weighted by Gasteiger charge is 2.39. The normalized spacial score (nSPS) is 17.7. The fourth-order valence-corrected chi connectivity index (χ4v) is 4.99. The summed E-state index contributed by atoms with van der Waals surface area (Å²) < 4.78 is 0. The first-order valence-corrected chi connectivity index (χ1v) is 12.0. The average Bonchev–Trinajstić information content (AvgIpc) is 3.14. The molecule has 0 spiro atoms. The van der Waals surface area contributed by atoms with Gasteiger partial charge in [0.2, 0.25) is 11.8 Å². The van der Waals surface area contributed by atoms with E-state index in [1.54, 1.807) is 18.2 Å². The molecule has 0 aromatic heterocycles. The second-order valence-corrected chi connectivity index (χ2v) is 9.99. The number of aryl methyl sites for hydroxylation is 1. The van der Waals surface area contributed by atoms with Gasteiger partial charge in [0, 0.05) is 24.2 Å². The van der Waals surface area contributed by atoms with Crippen molar-refractivity contribution in [3.63, 3.8) is 0 Å². The molecule has 5 amide bonds. The van der Waals surface area contributed by atoms with Crippen LogP contribution < -0.4 is 16.0 Å². The molecule has 184 valence electrons. The van der Waals surface area contributed by atoms with Crippen molar-refractivity contribution in [2.45, 2.75) is 51.7 Å². The van der Waals surface area contributed by atoms with Gasteiger partial charge in [0.25, 0.3) is 5.91 Å². The smallest absolute Gasteiger partial charge is 0.319 e. The fourth-order valence-electron chi connectivity index (χ4n) is 4.99. The minimum Gasteiger partial charge on any atom is -0.329 e. The quantitative estimate of drug-likeness (QED) is 0.487. The van der Waals surface area contributed by atoms with Gasteiger partial charge in [0.05, 0.1) is 5.54 Å². The van der Waals surface area contributed by atoms with Gasteiger partial charge in [-0.1, -0.05) is 30.3 Å². The van der Waals surface area contributed by atoms with Gasteiger partial charge in [-0.05, 0) is 78.9 Å². The number of hydrogen-bond donors (Lipinski definition) is 3. The van der Waals surface area contributed by atoms with Crippen molar-refractivity contribution in [2.75, 3.05) is 5.32 Å². The topological polar surface area (TPSA) is 108 Å². The van der Waals surface area contributed by atoms with E-state index in [2.05, 4.69) is 47.1 Å². The van der Waals surface area contributed by atoms with E-state index < -0.39 is 17.5 Å². The van der Waals surface area contributed by atoms with Crippen LogP contribution in [0.25, 0.3) is 10.8 Å². The maximum absolute atomic E-state index is 12.9. The number of nitrogens with zero attached hydrogens (tertiary/aromatic N) is 1. The Hall–Kier alpha value is -4.20. The van der Waals surface area contributed by atoms with Crippen LogP contribution in [0.15, 0.2) is 54.6 Å². The molecule has 2 aliphatic heterocycles. The summed E-state index contributed by atoms with van der Waals surface area (Å²) in [5, 5.41) is 10.5. The number of hydrogen-bond acceptors (Lipinski definition) is 4. The average molecular weight is 485 g/mol. The van der Waals surface area contributed by atoms with Gasteiger partial charge in [-0.15, -0.1) is 0 Å². The Morgan fingerprint density at radius 1 is 1.06 bits per heavy atom. The largest absolute Gasteiger partial charge is 0.329 e. The van der Waals surface area contributed by atoms with Crippen molar-refractivity contribution < 1.29 is 19.2 Å². The number of carbonyl (C=O) groups is 4. The van der Waals surface area contributed by atoms with E-state index >= 15 is 0 Å². The van der Waals surface area contributed by atoms with E-state index in [9.17, 15) is 19.2 Å². The minimum absolute atomic E-state index is 0.204. The zero-order valence-corrected chi connectivity index (χ0v) is 20.5. The zero-order chi connectivity index (χ0) is 25.6. The number of piperidine rings is 1. The van der Waals surface area contributed by atoms with Gasteiger partial charge < -0.3 is 15.5 Å². The lowest BCUT2D eigenvalue weighted by Crippen LogP contribution is -2.52. The Morgan fingerprint density at radius 3 is 2.64 bits per heavy atom. The number of fused-ring (bicyclic) bond motifs is 2. The number of nitrogens with one attached hydrogen (secondary N) is 3. The summed E-state index contributed by atoms with van der Waals surface area (Å²) in [7, 11) is 0. The molecule has 3 aromatic rings. The predicted molar refractivity (Wildman–Crippen MR) is 136 cm³/mol. The van der Waals surface area contributed by atoms with Crippen molar-refractivity contribution in [3.8, 4) is 0 Å². The molecule has 0 bridgehead atoms. The highest BCUT2D eigenvalue weighted by Crippen LogP contribution is 2.30. The van der Waals surface area contributed by atoms with Crippen LogP contribution >= 0.6 is 0 Å². The van der Waals surface area contributed by atoms with E-state index in [0.29, 0.717) is 17.7 Å². The Bertz CT molecular complexity index is 1430. The second kappa shape index (κ2) is 8.78. The molecule has 0 aliphatic carbocycles. The van der Waals surface area contributed by atoms with Gasteiger partial charge >= 0.3 is 6.03 Å². The van der Waals surface area contributed by atoms with Gasteiger partial charge in [0.15, 0.2) is 0 Å². The third-order valence-corrected chi connectivity index (χ3v) is 7.03. The number of anilines is 1. The van der Waals surface area contributed by atoms with Gasteiger partial charge in [-0.25, -0.2) is 4.79 Å². The first-order chi connectivity index (χ1) is 17.1. The summed E-state index contributed by atoms with van der Waals surface area (Å²) in [5.41, 5.74) is 3.31. The molecule has 3 N–H and O–H groups in total. The number of imide groups is 1. The van der Waals surface area contributed by atoms with Crippen molar-refractivity contribution in [3.05, 3.63) is 76.9 Å². The molecule has 3 aromatic carbocycles. The molecule has 2 heterocycles. The maximum atomic E-state index is 12.9. The van der Waals surface area contributed by atoms with E-state index in [-0.39, 0.29) is 30.8 Å². The highest BCUT2D eigenvalue weighted by molar-refractivity contribution is 6.05. The molecule has 5 rings (SSSR count). The van der Waals surface area contributed by atoms with Crippen LogP contribution in [0.4, 0.5) is 10.5 Å². The van der Waals surface area contributed by atoms with Crippen LogP contribution in [0.1, 0.15) is 53.7 Å². The lowest BCUT2D eigenvalue weighted by molar-refractivity contribution is -0.136. The van der Waals surface area contributed by atoms with Gasteiger partial charge in [0.1, 0.15) is 6.04 Å². The summed E-state index contributed by atoms with van der Waals surface area (Å²) in [6.07, 6.45) is 0.511. The summed E-state index contributed by atoms with van der Waals surface area (Å²) in [4.78, 5) is 51.0. The zero-order valence-electron chi connectivity index (χ0n) is 20.5. The fraction of sp³-hybridized carbons (Fsp3) is 0.286. The molecule has 0 saturated carbocycles. The number of urea groups is 1. The molecule has 1 saturated heterocycles. The minimum atomic E-state index is -0.673. The first kappa shape index (κ1) is 23.5. The lowest BCUT2D eigenvalue weighted by atomic mass is 9.91. The molecular formula is C28H28N4O4. The molecule has 8 nitrogen and oxygen atoms in total. The van der Waals surface area contributed by atoms with Crippen LogP contribution in [0.3, 0.4) is 0 Å². The molecular weight excluding hydrogens is 456 g/mol. The number of rotatable bonds is 4. The number of amides is 5. The monoisotopic (exact) mass is 484 g/mol. The van der Waals surface area contributed by atoms with E-state index in [4.69, 9.17) is 0 Å². The van der Waals surface area contributed by atoms with E-state index in [0.717, 1.165) is 21.9 Å². The SMILES string of the molecule is Cc1cccc2ccc(C(C)(C)NC(=O)Nc3ccc4c(c3)CN(C3CCC(=O)NC3=O)C4=O)cc12. The Balaban J connectivity index is 1.28. The summed E-state index contributed by atoms with van der Waals surface area (Å²) >= 11 is 0. The standard InChI is InChI=1S/C28H28N4O4/c1-16-5-4-6-17-7-8-19(14-22(16)17)28(2,3)31-27(36)29-20-9-10-21-18(13-20)15-32(26(21)35)23-11-12-24(33)30-25(23)34/h4-10,13-14,23H,11-12,15H2,1-3H3,(H2,29,31,36)(H,30,33,34). The van der Waals surface area contributed by atoms with Crippen molar-refractivity contribution >= 4 is 40.2 Å². The van der Waals surface area contributed by atoms with Crippen LogP contribution in [0.2, 0.25) is 0 Å².